The summed E-state index contributed by atoms with van der Waals surface area (Å²) in [5.74, 6) is 1.04. The second-order valence-corrected chi connectivity index (χ2v) is 4.95. The van der Waals surface area contributed by atoms with Gasteiger partial charge >= 0.3 is 0 Å². The Kier molecular flexibility index (Phi) is 3.79. The van der Waals surface area contributed by atoms with E-state index in [1.807, 2.05) is 12.1 Å². The molecule has 4 nitrogen and oxygen atoms in total. The molecule has 1 heterocycles. The summed E-state index contributed by atoms with van der Waals surface area (Å²) < 4.78 is 0. The fourth-order valence-corrected chi connectivity index (χ4v) is 2.77. The van der Waals surface area contributed by atoms with Gasteiger partial charge in [0.2, 0.25) is 0 Å². The van der Waals surface area contributed by atoms with Gasteiger partial charge in [-0.05, 0) is 31.5 Å². The quantitative estimate of drug-likeness (QED) is 0.497. The van der Waals surface area contributed by atoms with Gasteiger partial charge in [-0.1, -0.05) is 0 Å². The molecule has 0 bridgehead atoms. The molecule has 1 N–H and O–H groups in total. The summed E-state index contributed by atoms with van der Waals surface area (Å²) in [5.41, 5.74) is 0.156. The van der Waals surface area contributed by atoms with E-state index in [0.29, 0.717) is 6.04 Å². The summed E-state index contributed by atoms with van der Waals surface area (Å²) in [7, 11) is 0. The standard InChI is InChI=1S/C11H14N2O2S/c14-13(15)10-3-5-11(6-4-10)16-8-9-2-1-7-12-9/h3-6,9,12H,1-2,7-8H2/t9-/m0/s1. The number of thioether (sulfide) groups is 1. The number of nitro benzene ring substituents is 1. The third kappa shape index (κ3) is 2.96. The molecule has 1 aromatic rings. The Labute approximate surface area is 98.6 Å². The van der Waals surface area contributed by atoms with Crippen molar-refractivity contribution in [3.63, 3.8) is 0 Å². The molecular formula is C11H14N2O2S. The molecule has 0 aromatic heterocycles. The first-order valence-corrected chi connectivity index (χ1v) is 6.35. The van der Waals surface area contributed by atoms with Crippen LogP contribution in [0.2, 0.25) is 0 Å². The van der Waals surface area contributed by atoms with Gasteiger partial charge in [-0.15, -0.1) is 11.8 Å². The maximum absolute atomic E-state index is 10.5. The number of nitrogens with zero attached hydrogens (tertiary/aromatic N) is 1. The van der Waals surface area contributed by atoms with Gasteiger partial charge in [-0.3, -0.25) is 10.1 Å². The van der Waals surface area contributed by atoms with E-state index in [0.717, 1.165) is 17.2 Å². The molecule has 1 saturated heterocycles. The van der Waals surface area contributed by atoms with Crippen molar-refractivity contribution in [1.82, 2.24) is 5.32 Å². The Bertz CT molecular complexity index is 361. The Morgan fingerprint density at radius 3 is 2.75 bits per heavy atom. The van der Waals surface area contributed by atoms with E-state index in [-0.39, 0.29) is 10.6 Å². The highest BCUT2D eigenvalue weighted by Gasteiger charge is 2.14. The molecule has 0 saturated carbocycles. The van der Waals surface area contributed by atoms with E-state index >= 15 is 0 Å². The largest absolute Gasteiger partial charge is 0.313 e. The summed E-state index contributed by atoms with van der Waals surface area (Å²) >= 11 is 1.75. The second-order valence-electron chi connectivity index (χ2n) is 3.86. The molecule has 1 aromatic carbocycles. The van der Waals surface area contributed by atoms with Crippen molar-refractivity contribution in [1.29, 1.82) is 0 Å². The number of hydrogen-bond donors (Lipinski definition) is 1. The average molecular weight is 238 g/mol. The molecule has 0 spiro atoms. The van der Waals surface area contributed by atoms with E-state index in [2.05, 4.69) is 5.32 Å². The molecule has 0 unspecified atom stereocenters. The van der Waals surface area contributed by atoms with Crippen LogP contribution in [0.3, 0.4) is 0 Å². The van der Waals surface area contributed by atoms with Gasteiger partial charge in [0, 0.05) is 28.8 Å². The number of rotatable bonds is 4. The van der Waals surface area contributed by atoms with Crippen molar-refractivity contribution in [2.24, 2.45) is 0 Å². The first kappa shape index (κ1) is 11.4. The van der Waals surface area contributed by atoms with Crippen LogP contribution in [0.5, 0.6) is 0 Å². The van der Waals surface area contributed by atoms with Crippen LogP contribution in [0, 0.1) is 10.1 Å². The highest BCUT2D eigenvalue weighted by molar-refractivity contribution is 7.99. The molecule has 1 atom stereocenters. The Hall–Kier alpha value is -1.07. The maximum Gasteiger partial charge on any atom is 0.269 e. The topological polar surface area (TPSA) is 55.2 Å². The summed E-state index contributed by atoms with van der Waals surface area (Å²) in [5, 5.41) is 13.9. The fourth-order valence-electron chi connectivity index (χ4n) is 1.76. The number of benzene rings is 1. The van der Waals surface area contributed by atoms with Gasteiger partial charge in [0.25, 0.3) is 5.69 Å². The lowest BCUT2D eigenvalue weighted by atomic mass is 10.3. The normalized spacial score (nSPS) is 19.9. The van der Waals surface area contributed by atoms with Crippen LogP contribution in [0.1, 0.15) is 12.8 Å². The van der Waals surface area contributed by atoms with Crippen molar-refractivity contribution in [2.75, 3.05) is 12.3 Å². The van der Waals surface area contributed by atoms with Crippen molar-refractivity contribution >= 4 is 17.4 Å². The van der Waals surface area contributed by atoms with Gasteiger partial charge in [-0.25, -0.2) is 0 Å². The SMILES string of the molecule is O=[N+]([O-])c1ccc(SC[C@@H]2CCCN2)cc1. The fraction of sp³-hybridized carbons (Fsp3) is 0.455. The molecule has 5 heteroatoms. The van der Waals surface area contributed by atoms with Crippen LogP contribution >= 0.6 is 11.8 Å². The predicted octanol–water partition coefficient (Wildman–Crippen LogP) is 2.44. The minimum Gasteiger partial charge on any atom is -0.313 e. The zero-order valence-electron chi connectivity index (χ0n) is 8.89. The minimum atomic E-state index is -0.368. The summed E-state index contributed by atoms with van der Waals surface area (Å²) in [4.78, 5) is 11.2. The van der Waals surface area contributed by atoms with Crippen LogP contribution in [0.25, 0.3) is 0 Å². The van der Waals surface area contributed by atoms with E-state index in [1.54, 1.807) is 23.9 Å². The van der Waals surface area contributed by atoms with E-state index in [9.17, 15) is 10.1 Å². The monoisotopic (exact) mass is 238 g/mol. The van der Waals surface area contributed by atoms with Crippen LogP contribution in [0.4, 0.5) is 5.69 Å². The van der Waals surface area contributed by atoms with E-state index in [4.69, 9.17) is 0 Å². The van der Waals surface area contributed by atoms with Crippen molar-refractivity contribution in [3.8, 4) is 0 Å². The number of nitrogens with one attached hydrogen (secondary N) is 1. The molecular weight excluding hydrogens is 224 g/mol. The Balaban J connectivity index is 1.87. The molecule has 1 fully saturated rings. The van der Waals surface area contributed by atoms with Gasteiger partial charge in [0.05, 0.1) is 4.92 Å². The number of nitro groups is 1. The van der Waals surface area contributed by atoms with Crippen LogP contribution in [-0.2, 0) is 0 Å². The van der Waals surface area contributed by atoms with Crippen LogP contribution in [0.15, 0.2) is 29.2 Å². The zero-order chi connectivity index (χ0) is 11.4. The molecule has 1 aliphatic heterocycles. The van der Waals surface area contributed by atoms with Gasteiger partial charge < -0.3 is 5.32 Å². The number of hydrogen-bond acceptors (Lipinski definition) is 4. The van der Waals surface area contributed by atoms with Gasteiger partial charge in [0.15, 0.2) is 0 Å². The van der Waals surface area contributed by atoms with E-state index < -0.39 is 0 Å². The second kappa shape index (κ2) is 5.32. The van der Waals surface area contributed by atoms with Crippen molar-refractivity contribution in [3.05, 3.63) is 34.4 Å². The lowest BCUT2D eigenvalue weighted by Crippen LogP contribution is -2.23. The van der Waals surface area contributed by atoms with Crippen LogP contribution in [-0.4, -0.2) is 23.3 Å². The third-order valence-corrected chi connectivity index (χ3v) is 3.84. The lowest BCUT2D eigenvalue weighted by molar-refractivity contribution is -0.384. The molecule has 1 aliphatic rings. The molecule has 0 amide bonds. The highest BCUT2D eigenvalue weighted by atomic mass is 32.2. The molecule has 2 rings (SSSR count). The van der Waals surface area contributed by atoms with Gasteiger partial charge in [-0.2, -0.15) is 0 Å². The molecule has 0 radical (unpaired) electrons. The third-order valence-electron chi connectivity index (χ3n) is 2.66. The highest BCUT2D eigenvalue weighted by Crippen LogP contribution is 2.23. The average Bonchev–Trinajstić information content (AvgIpc) is 2.80. The Morgan fingerprint density at radius 1 is 1.44 bits per heavy atom. The first-order valence-electron chi connectivity index (χ1n) is 5.36. The predicted molar refractivity (Wildman–Crippen MR) is 64.8 cm³/mol. The van der Waals surface area contributed by atoms with Gasteiger partial charge in [0.1, 0.15) is 0 Å². The zero-order valence-corrected chi connectivity index (χ0v) is 9.70. The molecule has 0 aliphatic carbocycles. The molecule has 16 heavy (non-hydrogen) atoms. The maximum atomic E-state index is 10.5. The molecule has 86 valence electrons. The van der Waals surface area contributed by atoms with E-state index in [1.165, 1.54) is 12.8 Å². The first-order chi connectivity index (χ1) is 7.75. The lowest BCUT2D eigenvalue weighted by Gasteiger charge is -2.08. The van der Waals surface area contributed by atoms with Crippen LogP contribution < -0.4 is 5.32 Å². The summed E-state index contributed by atoms with van der Waals surface area (Å²) in [6.07, 6.45) is 2.49. The van der Waals surface area contributed by atoms with Crippen molar-refractivity contribution in [2.45, 2.75) is 23.8 Å². The minimum absolute atomic E-state index is 0.156. The number of non-ortho nitro benzene ring substituents is 1. The summed E-state index contributed by atoms with van der Waals surface area (Å²) in [6.45, 7) is 1.12. The Morgan fingerprint density at radius 2 is 2.19 bits per heavy atom. The van der Waals surface area contributed by atoms with Crippen molar-refractivity contribution < 1.29 is 4.92 Å². The smallest absolute Gasteiger partial charge is 0.269 e. The summed E-state index contributed by atoms with van der Waals surface area (Å²) in [6, 6.07) is 7.35.